The van der Waals surface area contributed by atoms with E-state index in [4.69, 9.17) is 15.5 Å². The molecule has 1 atom stereocenters. The van der Waals surface area contributed by atoms with E-state index in [2.05, 4.69) is 6.08 Å². The van der Waals surface area contributed by atoms with Crippen LogP contribution < -0.4 is 5.73 Å². The minimum Gasteiger partial charge on any atom is -0.449 e. The summed E-state index contributed by atoms with van der Waals surface area (Å²) in [5, 5.41) is 0.726. The largest absolute Gasteiger partial charge is 0.449 e. The number of benzene rings is 2. The third-order valence-electron chi connectivity index (χ3n) is 4.97. The summed E-state index contributed by atoms with van der Waals surface area (Å²) in [6.07, 6.45) is 2.60. The molecule has 0 fully saturated rings. The van der Waals surface area contributed by atoms with Gasteiger partial charge in [0.2, 0.25) is 0 Å². The monoisotopic (exact) mass is 372 g/mol. The smallest absolute Gasteiger partial charge is 0.339 e. The number of allylic oxidation sites excluding steroid dienone is 1. The number of ether oxygens (including phenoxy) is 1. The number of hydrogen-bond donors (Lipinski definition) is 1. The number of hydrogen-bond acceptors (Lipinski definition) is 4. The summed E-state index contributed by atoms with van der Waals surface area (Å²) in [6, 6.07) is 17.5. The molecule has 0 radical (unpaired) electrons. The number of aromatic nitrogens is 1. The van der Waals surface area contributed by atoms with Crippen LogP contribution in [0.1, 0.15) is 40.5 Å². The fourth-order valence-electron chi connectivity index (χ4n) is 3.54. The summed E-state index contributed by atoms with van der Waals surface area (Å²) < 4.78 is 5.32. The van der Waals surface area contributed by atoms with Crippen molar-refractivity contribution in [2.75, 3.05) is 0 Å². The molecular weight excluding hydrogens is 352 g/mol. The van der Waals surface area contributed by atoms with Gasteiger partial charge in [-0.1, -0.05) is 48.5 Å². The third-order valence-corrected chi connectivity index (χ3v) is 4.97. The van der Waals surface area contributed by atoms with Gasteiger partial charge >= 0.3 is 5.97 Å². The van der Waals surface area contributed by atoms with Gasteiger partial charge in [-0.25, -0.2) is 9.78 Å². The fourth-order valence-corrected chi connectivity index (χ4v) is 3.54. The highest BCUT2D eigenvalue weighted by molar-refractivity contribution is 6.07. The number of para-hydroxylation sites is 1. The minimum atomic E-state index is -0.990. The van der Waals surface area contributed by atoms with Crippen LogP contribution in [0.2, 0.25) is 0 Å². The topological polar surface area (TPSA) is 82.3 Å². The van der Waals surface area contributed by atoms with Crippen LogP contribution in [-0.2, 0) is 16.0 Å². The Kier molecular flexibility index (Phi) is 4.65. The highest BCUT2D eigenvalue weighted by atomic mass is 16.5. The lowest BCUT2D eigenvalue weighted by molar-refractivity contribution is -0.125. The number of carbonyl (C=O) groups is 2. The molecule has 5 heteroatoms. The molecule has 0 aliphatic heterocycles. The van der Waals surface area contributed by atoms with Crippen molar-refractivity contribution in [2.45, 2.75) is 25.9 Å². The number of primary amides is 1. The summed E-state index contributed by atoms with van der Waals surface area (Å²) >= 11 is 0. The number of fused-ring (bicyclic) bond motifs is 2. The molecule has 0 unspecified atom stereocenters. The van der Waals surface area contributed by atoms with E-state index in [0.717, 1.165) is 39.7 Å². The Hall–Kier alpha value is -3.47. The molecule has 0 saturated carbocycles. The van der Waals surface area contributed by atoms with E-state index < -0.39 is 18.0 Å². The molecule has 2 N–H and O–H groups in total. The third kappa shape index (κ3) is 3.27. The second-order valence-corrected chi connectivity index (χ2v) is 6.86. The summed E-state index contributed by atoms with van der Waals surface area (Å²) in [6.45, 7) is 1.48. The van der Waals surface area contributed by atoms with Gasteiger partial charge in [0.05, 0.1) is 16.8 Å². The first-order valence-corrected chi connectivity index (χ1v) is 9.22. The maximum Gasteiger partial charge on any atom is 0.339 e. The van der Waals surface area contributed by atoms with Crippen LogP contribution >= 0.6 is 0 Å². The van der Waals surface area contributed by atoms with E-state index in [-0.39, 0.29) is 0 Å². The molecule has 140 valence electrons. The number of esters is 1. The zero-order valence-electron chi connectivity index (χ0n) is 15.5. The Balaban J connectivity index is 1.85. The second kappa shape index (κ2) is 7.27. The summed E-state index contributed by atoms with van der Waals surface area (Å²) in [4.78, 5) is 29.1. The van der Waals surface area contributed by atoms with E-state index in [1.807, 2.05) is 54.6 Å². The van der Waals surface area contributed by atoms with E-state index in [9.17, 15) is 9.59 Å². The van der Waals surface area contributed by atoms with E-state index in [1.165, 1.54) is 6.92 Å². The molecule has 0 saturated heterocycles. The fraction of sp³-hybridized carbons (Fsp3) is 0.174. The average Bonchev–Trinajstić information content (AvgIpc) is 3.08. The molecule has 1 aromatic heterocycles. The molecule has 1 aliphatic carbocycles. The summed E-state index contributed by atoms with van der Waals surface area (Å²) in [7, 11) is 0. The van der Waals surface area contributed by atoms with E-state index in [1.54, 1.807) is 0 Å². The molecular formula is C23H20N2O3. The van der Waals surface area contributed by atoms with Crippen molar-refractivity contribution in [2.24, 2.45) is 5.73 Å². The first-order valence-electron chi connectivity index (χ1n) is 9.22. The Morgan fingerprint density at radius 3 is 2.54 bits per heavy atom. The zero-order valence-corrected chi connectivity index (χ0v) is 15.5. The Morgan fingerprint density at radius 1 is 1.07 bits per heavy atom. The number of nitrogens with two attached hydrogens (primary N) is 1. The van der Waals surface area contributed by atoms with Crippen LogP contribution in [0, 0.1) is 0 Å². The van der Waals surface area contributed by atoms with Gasteiger partial charge in [-0.05, 0) is 48.6 Å². The van der Waals surface area contributed by atoms with Crippen molar-refractivity contribution in [3.8, 4) is 0 Å². The lowest BCUT2D eigenvalue weighted by atomic mass is 10.0. The molecule has 5 nitrogen and oxygen atoms in total. The van der Waals surface area contributed by atoms with Gasteiger partial charge in [-0.2, -0.15) is 0 Å². The summed E-state index contributed by atoms with van der Waals surface area (Å²) in [5.41, 5.74) is 10.3. The normalized spacial score (nSPS) is 15.4. The maximum absolute atomic E-state index is 12.9. The molecule has 0 bridgehead atoms. The number of amides is 1. The maximum atomic E-state index is 12.9. The number of nitrogens with zero attached hydrogens (tertiary/aromatic N) is 1. The van der Waals surface area contributed by atoms with Crippen LogP contribution in [0.3, 0.4) is 0 Å². The predicted molar refractivity (Wildman–Crippen MR) is 108 cm³/mol. The second-order valence-electron chi connectivity index (χ2n) is 6.86. The molecule has 4 rings (SSSR count). The van der Waals surface area contributed by atoms with Crippen molar-refractivity contribution >= 4 is 34.4 Å². The van der Waals surface area contributed by atoms with Crippen molar-refractivity contribution in [1.82, 2.24) is 4.98 Å². The number of carbonyl (C=O) groups excluding carboxylic acids is 2. The molecule has 2 aromatic carbocycles. The van der Waals surface area contributed by atoms with Crippen molar-refractivity contribution in [1.29, 1.82) is 0 Å². The highest BCUT2D eigenvalue weighted by Gasteiger charge is 2.28. The molecule has 3 aromatic rings. The molecule has 1 amide bonds. The first-order chi connectivity index (χ1) is 13.5. The Labute approximate surface area is 162 Å². The molecule has 28 heavy (non-hydrogen) atoms. The van der Waals surface area contributed by atoms with Crippen molar-refractivity contribution in [3.63, 3.8) is 0 Å². The van der Waals surface area contributed by atoms with Crippen LogP contribution in [-0.4, -0.2) is 23.0 Å². The Bertz CT molecular complexity index is 1100. The molecule has 1 heterocycles. The van der Waals surface area contributed by atoms with Gasteiger partial charge in [0.1, 0.15) is 0 Å². The van der Waals surface area contributed by atoms with Crippen molar-refractivity contribution < 1.29 is 14.3 Å². The van der Waals surface area contributed by atoms with Crippen LogP contribution in [0.15, 0.2) is 54.6 Å². The molecule has 1 aliphatic rings. The Morgan fingerprint density at radius 2 is 1.79 bits per heavy atom. The van der Waals surface area contributed by atoms with Gasteiger partial charge < -0.3 is 10.5 Å². The standard InChI is InChI=1S/C23H20N2O3/c1-14(22(24)26)28-23(27)20-17-9-5-6-10-19(17)25-21-16(11-12-18(20)21)13-15-7-3-2-4-8-15/h2-10,13-14H,11-12H2,1H3,(H2,24,26)/b16-13+/t14-/m1/s1. The van der Waals surface area contributed by atoms with Gasteiger partial charge in [-0.15, -0.1) is 0 Å². The predicted octanol–water partition coefficient (Wildman–Crippen LogP) is 3.75. The van der Waals surface area contributed by atoms with Crippen LogP contribution in [0.5, 0.6) is 0 Å². The average molecular weight is 372 g/mol. The number of rotatable bonds is 4. The van der Waals surface area contributed by atoms with Gasteiger partial charge in [0.25, 0.3) is 5.91 Å². The minimum absolute atomic E-state index is 0.477. The number of pyridine rings is 1. The SMILES string of the molecule is C[C@@H](OC(=O)c1c2c(nc3ccccc13)/C(=C/c1ccccc1)CC2)C(N)=O. The summed E-state index contributed by atoms with van der Waals surface area (Å²) in [5.74, 6) is -1.21. The van der Waals surface area contributed by atoms with Gasteiger partial charge in [-0.3, -0.25) is 4.79 Å². The van der Waals surface area contributed by atoms with Crippen LogP contribution in [0.4, 0.5) is 0 Å². The van der Waals surface area contributed by atoms with E-state index >= 15 is 0 Å². The lowest BCUT2D eigenvalue weighted by Gasteiger charge is -2.14. The van der Waals surface area contributed by atoms with E-state index in [0.29, 0.717) is 12.0 Å². The first kappa shape index (κ1) is 17.9. The van der Waals surface area contributed by atoms with Gasteiger partial charge in [0, 0.05) is 5.39 Å². The highest BCUT2D eigenvalue weighted by Crippen LogP contribution is 2.37. The van der Waals surface area contributed by atoms with Crippen LogP contribution in [0.25, 0.3) is 22.6 Å². The quantitative estimate of drug-likeness (QED) is 0.707. The molecule has 0 spiro atoms. The van der Waals surface area contributed by atoms with Crippen molar-refractivity contribution in [3.05, 3.63) is 77.0 Å². The lowest BCUT2D eigenvalue weighted by Crippen LogP contribution is -2.30. The zero-order chi connectivity index (χ0) is 19.7. The van der Waals surface area contributed by atoms with Gasteiger partial charge in [0.15, 0.2) is 6.10 Å².